The second-order valence-electron chi connectivity index (χ2n) is 4.54. The Hall–Kier alpha value is -0.610. The number of hydrogen-bond donors (Lipinski definition) is 2. The minimum absolute atomic E-state index is 0.234. The molecule has 76 valence electrons. The monoisotopic (exact) mass is 186 g/mol. The van der Waals surface area contributed by atoms with Gasteiger partial charge in [0.2, 0.25) is 5.91 Å². The predicted molar refractivity (Wildman–Crippen MR) is 50.0 cm³/mol. The standard InChI is InChI=1S/C9H18N2O2/c1-8(2)6-9(11,3-4-13-8)5-7(10)12/h3-6,11H2,1-2H3,(H2,10,12). The van der Waals surface area contributed by atoms with Crippen LogP contribution in [0.3, 0.4) is 0 Å². The summed E-state index contributed by atoms with van der Waals surface area (Å²) in [6.07, 6.45) is 1.64. The molecule has 0 saturated carbocycles. The third-order valence-electron chi connectivity index (χ3n) is 2.40. The molecular weight excluding hydrogens is 168 g/mol. The van der Waals surface area contributed by atoms with Crippen molar-refractivity contribution in [3.8, 4) is 0 Å². The van der Waals surface area contributed by atoms with Crippen LogP contribution in [0.15, 0.2) is 0 Å². The molecule has 1 saturated heterocycles. The van der Waals surface area contributed by atoms with Crippen LogP contribution in [0, 0.1) is 0 Å². The fraction of sp³-hybridized carbons (Fsp3) is 0.889. The van der Waals surface area contributed by atoms with Crippen LogP contribution in [0.25, 0.3) is 0 Å². The van der Waals surface area contributed by atoms with Gasteiger partial charge in [-0.05, 0) is 26.7 Å². The highest BCUT2D eigenvalue weighted by Gasteiger charge is 2.38. The zero-order valence-electron chi connectivity index (χ0n) is 8.30. The van der Waals surface area contributed by atoms with Crippen LogP contribution >= 0.6 is 0 Å². The molecule has 4 nitrogen and oxygen atoms in total. The molecule has 0 aromatic rings. The van der Waals surface area contributed by atoms with Crippen LogP contribution < -0.4 is 11.5 Å². The van der Waals surface area contributed by atoms with Crippen LogP contribution in [0.2, 0.25) is 0 Å². The van der Waals surface area contributed by atoms with Gasteiger partial charge >= 0.3 is 0 Å². The zero-order chi connectivity index (χ0) is 10.1. The van der Waals surface area contributed by atoms with E-state index in [9.17, 15) is 4.79 Å². The van der Waals surface area contributed by atoms with E-state index in [2.05, 4.69) is 0 Å². The highest BCUT2D eigenvalue weighted by molar-refractivity contribution is 5.75. The summed E-state index contributed by atoms with van der Waals surface area (Å²) in [5.41, 5.74) is 10.5. The lowest BCUT2D eigenvalue weighted by Gasteiger charge is -2.41. The van der Waals surface area contributed by atoms with Crippen molar-refractivity contribution >= 4 is 5.91 Å². The third-order valence-corrected chi connectivity index (χ3v) is 2.40. The molecule has 0 aliphatic carbocycles. The van der Waals surface area contributed by atoms with Crippen molar-refractivity contribution in [3.63, 3.8) is 0 Å². The predicted octanol–water partition coefficient (Wildman–Crippen LogP) is 0.148. The molecule has 13 heavy (non-hydrogen) atoms. The summed E-state index contributed by atoms with van der Waals surface area (Å²) >= 11 is 0. The number of amides is 1. The molecule has 1 heterocycles. The van der Waals surface area contributed by atoms with Gasteiger partial charge in [-0.3, -0.25) is 4.79 Å². The minimum Gasteiger partial charge on any atom is -0.375 e. The Labute approximate surface area is 78.6 Å². The maximum absolute atomic E-state index is 10.8. The van der Waals surface area contributed by atoms with E-state index in [1.54, 1.807) is 0 Å². The van der Waals surface area contributed by atoms with Gasteiger partial charge in [-0.25, -0.2) is 0 Å². The van der Waals surface area contributed by atoms with Crippen LogP contribution in [0.4, 0.5) is 0 Å². The van der Waals surface area contributed by atoms with Gasteiger partial charge < -0.3 is 16.2 Å². The van der Waals surface area contributed by atoms with E-state index in [4.69, 9.17) is 16.2 Å². The number of carbonyl (C=O) groups excluding carboxylic acids is 1. The molecule has 4 N–H and O–H groups in total. The van der Waals surface area contributed by atoms with E-state index in [0.29, 0.717) is 19.4 Å². The van der Waals surface area contributed by atoms with Crippen molar-refractivity contribution in [1.29, 1.82) is 0 Å². The van der Waals surface area contributed by atoms with Gasteiger partial charge in [0.05, 0.1) is 5.60 Å². The highest BCUT2D eigenvalue weighted by atomic mass is 16.5. The number of hydrogen-bond acceptors (Lipinski definition) is 3. The molecule has 0 aromatic heterocycles. The molecule has 1 rings (SSSR count). The minimum atomic E-state index is -0.465. The molecule has 0 bridgehead atoms. The molecule has 1 fully saturated rings. The summed E-state index contributed by atoms with van der Waals surface area (Å²) < 4.78 is 5.51. The Morgan fingerprint density at radius 3 is 2.62 bits per heavy atom. The molecule has 1 aliphatic heterocycles. The Bertz CT molecular complexity index is 216. The van der Waals surface area contributed by atoms with E-state index in [0.717, 1.165) is 0 Å². The van der Waals surface area contributed by atoms with Crippen molar-refractivity contribution in [2.45, 2.75) is 44.2 Å². The van der Waals surface area contributed by atoms with Gasteiger partial charge in [-0.2, -0.15) is 0 Å². The maximum atomic E-state index is 10.8. The molecule has 0 spiro atoms. The summed E-state index contributed by atoms with van der Waals surface area (Å²) in [5.74, 6) is -0.333. The number of rotatable bonds is 2. The molecule has 1 aliphatic rings. The van der Waals surface area contributed by atoms with Gasteiger partial charge in [0, 0.05) is 18.6 Å². The second kappa shape index (κ2) is 3.27. The topological polar surface area (TPSA) is 78.3 Å². The lowest BCUT2D eigenvalue weighted by Crippen LogP contribution is -2.53. The molecular formula is C9H18N2O2. The molecule has 0 aromatic carbocycles. The van der Waals surface area contributed by atoms with Crippen molar-refractivity contribution in [3.05, 3.63) is 0 Å². The summed E-state index contributed by atoms with van der Waals surface area (Å²) in [4.78, 5) is 10.8. The van der Waals surface area contributed by atoms with Crippen LogP contribution in [0.5, 0.6) is 0 Å². The first kappa shape index (κ1) is 10.5. The fourth-order valence-corrected chi connectivity index (χ4v) is 2.02. The van der Waals surface area contributed by atoms with Crippen LogP contribution in [-0.2, 0) is 9.53 Å². The van der Waals surface area contributed by atoms with E-state index in [1.165, 1.54) is 0 Å². The van der Waals surface area contributed by atoms with Gasteiger partial charge in [-0.1, -0.05) is 0 Å². The highest BCUT2D eigenvalue weighted by Crippen LogP contribution is 2.32. The van der Waals surface area contributed by atoms with Crippen molar-refractivity contribution in [1.82, 2.24) is 0 Å². The van der Waals surface area contributed by atoms with Crippen molar-refractivity contribution in [2.75, 3.05) is 6.61 Å². The van der Waals surface area contributed by atoms with E-state index in [-0.39, 0.29) is 17.9 Å². The first-order valence-corrected chi connectivity index (χ1v) is 4.54. The van der Waals surface area contributed by atoms with E-state index >= 15 is 0 Å². The third kappa shape index (κ3) is 2.97. The molecule has 0 radical (unpaired) electrons. The molecule has 1 amide bonds. The number of ether oxygens (including phenoxy) is 1. The zero-order valence-corrected chi connectivity index (χ0v) is 8.30. The Balaban J connectivity index is 2.63. The number of nitrogens with two attached hydrogens (primary N) is 2. The molecule has 1 atom stereocenters. The van der Waals surface area contributed by atoms with E-state index < -0.39 is 5.54 Å². The number of carbonyl (C=O) groups is 1. The van der Waals surface area contributed by atoms with Gasteiger partial charge in [0.25, 0.3) is 0 Å². The van der Waals surface area contributed by atoms with Gasteiger partial charge in [0.1, 0.15) is 0 Å². The Kier molecular flexibility index (Phi) is 2.63. The smallest absolute Gasteiger partial charge is 0.219 e. The van der Waals surface area contributed by atoms with Crippen molar-refractivity contribution < 1.29 is 9.53 Å². The lowest BCUT2D eigenvalue weighted by molar-refractivity contribution is -0.123. The summed E-state index contributed by atoms with van der Waals surface area (Å²) in [6.45, 7) is 4.57. The molecule has 4 heteroatoms. The SMILES string of the molecule is CC1(C)CC(N)(CC(N)=O)CCO1. The van der Waals surface area contributed by atoms with Crippen LogP contribution in [0.1, 0.15) is 33.1 Å². The fourth-order valence-electron chi connectivity index (χ4n) is 2.02. The largest absolute Gasteiger partial charge is 0.375 e. The Morgan fingerprint density at radius 2 is 2.15 bits per heavy atom. The van der Waals surface area contributed by atoms with Crippen LogP contribution in [-0.4, -0.2) is 23.7 Å². The lowest BCUT2D eigenvalue weighted by atomic mass is 9.80. The average molecular weight is 186 g/mol. The van der Waals surface area contributed by atoms with E-state index in [1.807, 2.05) is 13.8 Å². The van der Waals surface area contributed by atoms with Crippen molar-refractivity contribution in [2.24, 2.45) is 11.5 Å². The molecule has 1 unspecified atom stereocenters. The first-order chi connectivity index (χ1) is 5.83. The number of primary amides is 1. The normalized spacial score (nSPS) is 32.8. The quantitative estimate of drug-likeness (QED) is 0.644. The summed E-state index contributed by atoms with van der Waals surface area (Å²) in [5, 5.41) is 0. The van der Waals surface area contributed by atoms with Gasteiger partial charge in [0.15, 0.2) is 0 Å². The first-order valence-electron chi connectivity index (χ1n) is 4.54. The Morgan fingerprint density at radius 1 is 1.54 bits per heavy atom. The second-order valence-corrected chi connectivity index (χ2v) is 4.54. The summed E-state index contributed by atoms with van der Waals surface area (Å²) in [6, 6.07) is 0. The maximum Gasteiger partial charge on any atom is 0.219 e. The van der Waals surface area contributed by atoms with Gasteiger partial charge in [-0.15, -0.1) is 0 Å². The average Bonchev–Trinajstić information content (AvgIpc) is 1.79. The summed E-state index contributed by atoms with van der Waals surface area (Å²) in [7, 11) is 0.